The Morgan fingerprint density at radius 2 is 2.23 bits per heavy atom. The van der Waals surface area contributed by atoms with Crippen LogP contribution in [0.3, 0.4) is 0 Å². The third-order valence-corrected chi connectivity index (χ3v) is 2.32. The van der Waals surface area contributed by atoms with E-state index in [1.165, 1.54) is 0 Å². The molecule has 0 aliphatic heterocycles. The number of aromatic nitrogens is 1. The van der Waals surface area contributed by atoms with E-state index in [-0.39, 0.29) is 0 Å². The van der Waals surface area contributed by atoms with Gasteiger partial charge in [0.2, 0.25) is 0 Å². The maximum absolute atomic E-state index is 10.4. The first-order valence-corrected chi connectivity index (χ1v) is 4.37. The Balaban J connectivity index is 2.70. The molecule has 0 unspecified atom stereocenters. The molecule has 0 amide bonds. The molecule has 0 N–H and O–H groups in total. The van der Waals surface area contributed by atoms with Crippen molar-refractivity contribution in [1.82, 2.24) is 4.57 Å². The van der Waals surface area contributed by atoms with Gasteiger partial charge in [-0.1, -0.05) is 23.7 Å². The highest BCUT2D eigenvalue weighted by atomic mass is 35.5. The second-order valence-corrected chi connectivity index (χ2v) is 3.22. The summed E-state index contributed by atoms with van der Waals surface area (Å²) in [4.78, 5) is 10.4. The fraction of sp³-hybridized carbons (Fsp3) is 0.100. The van der Waals surface area contributed by atoms with Gasteiger partial charge in [-0.2, -0.15) is 0 Å². The van der Waals surface area contributed by atoms with Gasteiger partial charge in [-0.25, -0.2) is 0 Å². The lowest BCUT2D eigenvalue weighted by Crippen LogP contribution is -1.96. The summed E-state index contributed by atoms with van der Waals surface area (Å²) in [5.41, 5.74) is 0.927. The van der Waals surface area contributed by atoms with Crippen LogP contribution in [-0.4, -0.2) is 10.9 Å². The molecule has 0 atom stereocenters. The number of carbonyl (C=O) groups excluding carboxylic acids is 1. The fourth-order valence-corrected chi connectivity index (χ4v) is 1.74. The van der Waals surface area contributed by atoms with Gasteiger partial charge in [0.15, 0.2) is 0 Å². The van der Waals surface area contributed by atoms with Crippen molar-refractivity contribution in [3.8, 4) is 0 Å². The minimum atomic E-state index is 0.354. The van der Waals surface area contributed by atoms with Crippen LogP contribution in [0.5, 0.6) is 0 Å². The number of carbonyl (C=O) groups is 1. The molecule has 0 fully saturated rings. The minimum absolute atomic E-state index is 0.354. The Kier molecular flexibility index (Phi) is 2.07. The molecule has 0 aliphatic carbocycles. The van der Waals surface area contributed by atoms with Crippen LogP contribution >= 0.6 is 11.6 Å². The third kappa shape index (κ3) is 1.33. The number of fused-ring (bicyclic) bond motifs is 1. The summed E-state index contributed by atoms with van der Waals surface area (Å²) in [6.07, 6.45) is 2.73. The summed E-state index contributed by atoms with van der Waals surface area (Å²) in [5, 5.41) is 1.75. The molecule has 0 aliphatic rings. The van der Waals surface area contributed by atoms with Crippen molar-refractivity contribution in [3.05, 3.63) is 35.5 Å². The van der Waals surface area contributed by atoms with Crippen molar-refractivity contribution in [3.63, 3.8) is 0 Å². The molecule has 2 nitrogen and oxygen atoms in total. The standard InChI is InChI=1S/C10H8ClNO/c11-9-3-1-2-8-4-5-12(6-7-13)10(8)9/h1-5,7H,6H2. The number of benzene rings is 1. The summed E-state index contributed by atoms with van der Waals surface area (Å²) < 4.78 is 1.84. The molecular weight excluding hydrogens is 186 g/mol. The summed E-state index contributed by atoms with van der Waals surface area (Å²) in [5.74, 6) is 0. The van der Waals surface area contributed by atoms with E-state index in [0.29, 0.717) is 11.6 Å². The summed E-state index contributed by atoms with van der Waals surface area (Å²) in [7, 11) is 0. The molecule has 0 saturated carbocycles. The predicted molar refractivity (Wildman–Crippen MR) is 53.0 cm³/mol. The molecule has 3 heteroatoms. The lowest BCUT2D eigenvalue weighted by molar-refractivity contribution is -0.108. The molecule has 2 rings (SSSR count). The van der Waals surface area contributed by atoms with Crippen molar-refractivity contribution >= 4 is 28.8 Å². The molecule has 0 radical (unpaired) electrons. The van der Waals surface area contributed by atoms with Gasteiger partial charge in [0.1, 0.15) is 6.29 Å². The van der Waals surface area contributed by atoms with Crippen molar-refractivity contribution in [2.75, 3.05) is 0 Å². The van der Waals surface area contributed by atoms with Crippen LogP contribution in [0.1, 0.15) is 0 Å². The van der Waals surface area contributed by atoms with Gasteiger partial charge in [-0.05, 0) is 12.1 Å². The lowest BCUT2D eigenvalue weighted by atomic mass is 10.2. The molecule has 0 bridgehead atoms. The van der Waals surface area contributed by atoms with Crippen molar-refractivity contribution in [2.45, 2.75) is 6.54 Å². The van der Waals surface area contributed by atoms with Gasteiger partial charge in [-0.3, -0.25) is 0 Å². The van der Waals surface area contributed by atoms with E-state index < -0.39 is 0 Å². The summed E-state index contributed by atoms with van der Waals surface area (Å²) >= 11 is 6.00. The molecule has 2 aromatic rings. The average molecular weight is 194 g/mol. The smallest absolute Gasteiger partial charge is 0.139 e. The Bertz CT molecular complexity index is 447. The number of halogens is 1. The molecular formula is C10H8ClNO. The summed E-state index contributed by atoms with van der Waals surface area (Å²) in [6.45, 7) is 0.354. The number of para-hydroxylation sites is 1. The van der Waals surface area contributed by atoms with E-state index in [1.54, 1.807) is 0 Å². The number of hydrogen-bond donors (Lipinski definition) is 0. The molecule has 66 valence electrons. The number of rotatable bonds is 2. The Hall–Kier alpha value is -1.28. The van der Waals surface area contributed by atoms with Crippen LogP contribution in [0.4, 0.5) is 0 Å². The third-order valence-electron chi connectivity index (χ3n) is 2.01. The number of hydrogen-bond acceptors (Lipinski definition) is 1. The zero-order chi connectivity index (χ0) is 9.26. The maximum atomic E-state index is 10.4. The van der Waals surface area contributed by atoms with E-state index >= 15 is 0 Å². The van der Waals surface area contributed by atoms with Gasteiger partial charge in [-0.15, -0.1) is 0 Å². The second kappa shape index (κ2) is 3.23. The van der Waals surface area contributed by atoms with Crippen molar-refractivity contribution < 1.29 is 4.79 Å². The van der Waals surface area contributed by atoms with Crippen LogP contribution in [0.15, 0.2) is 30.5 Å². The highest BCUT2D eigenvalue weighted by Crippen LogP contribution is 2.23. The van der Waals surface area contributed by atoms with E-state index in [2.05, 4.69) is 0 Å². The topological polar surface area (TPSA) is 22.0 Å². The van der Waals surface area contributed by atoms with Crippen LogP contribution in [0, 0.1) is 0 Å². The van der Waals surface area contributed by atoms with Gasteiger partial charge in [0.25, 0.3) is 0 Å². The number of aldehydes is 1. The van der Waals surface area contributed by atoms with Crippen LogP contribution in [-0.2, 0) is 11.3 Å². The zero-order valence-corrected chi connectivity index (χ0v) is 7.66. The van der Waals surface area contributed by atoms with E-state index in [9.17, 15) is 4.79 Å². The SMILES string of the molecule is O=CCn1ccc2cccc(Cl)c21. The van der Waals surface area contributed by atoms with Crippen LogP contribution in [0.25, 0.3) is 10.9 Å². The van der Waals surface area contributed by atoms with E-state index in [4.69, 9.17) is 11.6 Å². The van der Waals surface area contributed by atoms with Gasteiger partial charge >= 0.3 is 0 Å². The molecule has 1 aromatic carbocycles. The highest BCUT2D eigenvalue weighted by Gasteiger charge is 2.03. The monoisotopic (exact) mass is 193 g/mol. The molecule has 0 saturated heterocycles. The summed E-state index contributed by atoms with van der Waals surface area (Å²) in [6, 6.07) is 7.65. The van der Waals surface area contributed by atoms with Crippen LogP contribution < -0.4 is 0 Å². The van der Waals surface area contributed by atoms with E-state index in [0.717, 1.165) is 17.2 Å². The maximum Gasteiger partial charge on any atom is 0.139 e. The first-order valence-electron chi connectivity index (χ1n) is 4.00. The average Bonchev–Trinajstić information content (AvgIpc) is 2.51. The zero-order valence-electron chi connectivity index (χ0n) is 6.90. The highest BCUT2D eigenvalue weighted by molar-refractivity contribution is 6.35. The Morgan fingerprint density at radius 1 is 1.38 bits per heavy atom. The van der Waals surface area contributed by atoms with Gasteiger partial charge < -0.3 is 9.36 Å². The van der Waals surface area contributed by atoms with Gasteiger partial charge in [0, 0.05) is 11.6 Å². The van der Waals surface area contributed by atoms with Gasteiger partial charge in [0.05, 0.1) is 17.1 Å². The second-order valence-electron chi connectivity index (χ2n) is 2.81. The predicted octanol–water partition coefficient (Wildman–Crippen LogP) is 2.49. The van der Waals surface area contributed by atoms with Crippen molar-refractivity contribution in [2.24, 2.45) is 0 Å². The Morgan fingerprint density at radius 3 is 3.00 bits per heavy atom. The molecule has 1 heterocycles. The van der Waals surface area contributed by atoms with Crippen LogP contribution in [0.2, 0.25) is 5.02 Å². The number of nitrogens with zero attached hydrogens (tertiary/aromatic N) is 1. The first-order chi connectivity index (χ1) is 6.33. The molecule has 0 spiro atoms. The largest absolute Gasteiger partial charge is 0.339 e. The lowest BCUT2D eigenvalue weighted by Gasteiger charge is -2.00. The Labute approximate surface area is 80.7 Å². The normalized spacial score (nSPS) is 10.5. The quantitative estimate of drug-likeness (QED) is 0.672. The minimum Gasteiger partial charge on any atom is -0.339 e. The first kappa shape index (κ1) is 8.32. The van der Waals surface area contributed by atoms with Crippen molar-refractivity contribution in [1.29, 1.82) is 0 Å². The van der Waals surface area contributed by atoms with E-state index in [1.807, 2.05) is 35.0 Å². The molecule has 13 heavy (non-hydrogen) atoms. The molecule has 1 aromatic heterocycles. The fourth-order valence-electron chi connectivity index (χ4n) is 1.45.